The van der Waals surface area contributed by atoms with Crippen molar-refractivity contribution < 1.29 is 0 Å². The van der Waals surface area contributed by atoms with E-state index in [9.17, 15) is 10.5 Å². The fourth-order valence-corrected chi connectivity index (χ4v) is 10.4. The highest BCUT2D eigenvalue weighted by Gasteiger charge is 2.28. The van der Waals surface area contributed by atoms with Gasteiger partial charge in [0, 0.05) is 32.9 Å². The summed E-state index contributed by atoms with van der Waals surface area (Å²) in [6.45, 7) is 14.0. The Morgan fingerprint density at radius 3 is 0.984 bits per heavy atom. The predicted molar refractivity (Wildman–Crippen MR) is 268 cm³/mol. The molecule has 0 saturated carbocycles. The van der Waals surface area contributed by atoms with E-state index < -0.39 is 0 Å². The largest absolute Gasteiger partial charge is 0.309 e. The minimum absolute atomic E-state index is 0.160. The highest BCUT2D eigenvalue weighted by Crippen LogP contribution is 2.47. The van der Waals surface area contributed by atoms with E-state index in [1.165, 1.54) is 43.8 Å². The molecular formula is C60H46N4. The molecule has 0 radical (unpaired) electrons. The van der Waals surface area contributed by atoms with Gasteiger partial charge >= 0.3 is 0 Å². The first-order chi connectivity index (χ1) is 30.9. The summed E-state index contributed by atoms with van der Waals surface area (Å²) in [6, 6.07) is 65.4. The second kappa shape index (κ2) is 14.3. The van der Waals surface area contributed by atoms with Crippen molar-refractivity contribution in [3.8, 4) is 45.8 Å². The van der Waals surface area contributed by atoms with Gasteiger partial charge in [-0.15, -0.1) is 0 Å². The lowest BCUT2D eigenvalue weighted by atomic mass is 9.73. The van der Waals surface area contributed by atoms with Crippen molar-refractivity contribution in [1.29, 1.82) is 10.5 Å². The maximum absolute atomic E-state index is 9.84. The first kappa shape index (κ1) is 39.0. The topological polar surface area (TPSA) is 57.4 Å². The second-order valence-corrected chi connectivity index (χ2v) is 19.3. The maximum atomic E-state index is 9.84. The first-order valence-corrected chi connectivity index (χ1v) is 22.0. The third-order valence-corrected chi connectivity index (χ3v) is 13.1. The highest BCUT2D eigenvalue weighted by molar-refractivity contribution is 6.13. The van der Waals surface area contributed by atoms with E-state index in [0.717, 1.165) is 66.1 Å². The number of nitriles is 2. The van der Waals surface area contributed by atoms with Crippen molar-refractivity contribution in [3.05, 3.63) is 192 Å². The fraction of sp³-hybridized carbons (Fsp3) is 0.133. The van der Waals surface area contributed by atoms with Gasteiger partial charge in [-0.05, 0) is 139 Å². The summed E-state index contributed by atoms with van der Waals surface area (Å²) in [6.07, 6.45) is 0. The molecule has 0 saturated heterocycles. The van der Waals surface area contributed by atoms with Crippen LogP contribution < -0.4 is 0 Å². The fourth-order valence-electron chi connectivity index (χ4n) is 10.4. The molecule has 4 nitrogen and oxygen atoms in total. The Morgan fingerprint density at radius 2 is 0.641 bits per heavy atom. The van der Waals surface area contributed by atoms with Crippen LogP contribution in [0.15, 0.2) is 170 Å². The van der Waals surface area contributed by atoms with Gasteiger partial charge < -0.3 is 9.13 Å². The van der Waals surface area contributed by atoms with Crippen LogP contribution in [0.5, 0.6) is 0 Å². The van der Waals surface area contributed by atoms with Crippen LogP contribution in [0.2, 0.25) is 0 Å². The standard InChI is InChI=1S/C60H46N4/c1-59(2,3)57-49-27-21-40(42-20-26-48-46-24-18-38(36-62)30-54(46)64(56(48)34-42)44-15-11-8-12-16-44)32-52(49)58(60(4,5)6)50-28-22-39(31-51(50)57)41-19-25-47-45-23-17-37(35-61)29-53(45)63(55(47)33-41)43-13-9-7-10-14-43/h7-34H,1-6H3. The number of aromatic nitrogens is 2. The number of fused-ring (bicyclic) bond motifs is 8. The maximum Gasteiger partial charge on any atom is 0.0992 e. The van der Waals surface area contributed by atoms with Crippen LogP contribution >= 0.6 is 0 Å². The number of hydrogen-bond donors (Lipinski definition) is 0. The van der Waals surface area contributed by atoms with Gasteiger partial charge in [0.05, 0.1) is 45.3 Å². The van der Waals surface area contributed by atoms with E-state index in [4.69, 9.17) is 0 Å². The van der Waals surface area contributed by atoms with Crippen LogP contribution in [-0.2, 0) is 10.8 Å². The van der Waals surface area contributed by atoms with Gasteiger partial charge in [-0.2, -0.15) is 10.5 Å². The number of nitrogens with zero attached hydrogens (tertiary/aromatic N) is 4. The summed E-state index contributed by atoms with van der Waals surface area (Å²) in [7, 11) is 0. The molecule has 11 aromatic rings. The lowest BCUT2D eigenvalue weighted by Gasteiger charge is -2.31. The zero-order chi connectivity index (χ0) is 44.1. The summed E-state index contributed by atoms with van der Waals surface area (Å²) in [5.41, 5.74) is 14.7. The Bertz CT molecular complexity index is 3550. The van der Waals surface area contributed by atoms with E-state index >= 15 is 0 Å². The molecule has 64 heavy (non-hydrogen) atoms. The van der Waals surface area contributed by atoms with Gasteiger partial charge in [0.1, 0.15) is 0 Å². The molecule has 0 bridgehead atoms. The average Bonchev–Trinajstić information content (AvgIpc) is 3.81. The normalized spacial score (nSPS) is 12.2. The van der Waals surface area contributed by atoms with Crippen molar-refractivity contribution in [2.24, 2.45) is 0 Å². The molecule has 0 aliphatic carbocycles. The molecule has 0 aliphatic rings. The molecule has 9 aromatic carbocycles. The van der Waals surface area contributed by atoms with Crippen LogP contribution in [0.3, 0.4) is 0 Å². The molecule has 0 amide bonds. The third-order valence-electron chi connectivity index (χ3n) is 13.1. The van der Waals surface area contributed by atoms with Crippen LogP contribution in [0.4, 0.5) is 0 Å². The van der Waals surface area contributed by atoms with E-state index in [1.54, 1.807) is 0 Å². The lowest BCUT2D eigenvalue weighted by Crippen LogP contribution is -2.17. The number of para-hydroxylation sites is 2. The molecule has 0 N–H and O–H groups in total. The van der Waals surface area contributed by atoms with Gasteiger partial charge in [-0.1, -0.05) is 139 Å². The monoisotopic (exact) mass is 822 g/mol. The zero-order valence-corrected chi connectivity index (χ0v) is 37.0. The van der Waals surface area contributed by atoms with Gasteiger partial charge in [0.25, 0.3) is 0 Å². The number of rotatable bonds is 4. The molecule has 11 rings (SSSR count). The van der Waals surface area contributed by atoms with E-state index in [0.29, 0.717) is 11.1 Å². The lowest BCUT2D eigenvalue weighted by molar-refractivity contribution is 0.593. The summed E-state index contributed by atoms with van der Waals surface area (Å²) >= 11 is 0. The van der Waals surface area contributed by atoms with Crippen LogP contribution in [0.1, 0.15) is 63.8 Å². The molecule has 4 heteroatoms. The van der Waals surface area contributed by atoms with E-state index in [2.05, 4.69) is 196 Å². The molecule has 2 heterocycles. The minimum atomic E-state index is -0.160. The van der Waals surface area contributed by atoms with Gasteiger partial charge in [0.2, 0.25) is 0 Å². The Morgan fingerprint density at radius 1 is 0.328 bits per heavy atom. The smallest absolute Gasteiger partial charge is 0.0992 e. The summed E-state index contributed by atoms with van der Waals surface area (Å²) < 4.78 is 4.59. The SMILES string of the molecule is CC(C)(C)c1c2ccc(-c3ccc4c5ccc(C#N)cc5n(-c5ccccc5)c4c3)cc2c(C(C)(C)C)c2ccc(-c3ccc4c5ccc(C#N)cc5n(-c5ccccc5)c4c3)cc12. The van der Waals surface area contributed by atoms with Gasteiger partial charge in [0.15, 0.2) is 0 Å². The minimum Gasteiger partial charge on any atom is -0.309 e. The van der Waals surface area contributed by atoms with Gasteiger partial charge in [-0.3, -0.25) is 0 Å². The Hall–Kier alpha value is -7.92. The molecule has 0 fully saturated rings. The summed E-state index contributed by atoms with van der Waals surface area (Å²) in [4.78, 5) is 0. The second-order valence-electron chi connectivity index (χ2n) is 19.3. The van der Waals surface area contributed by atoms with Crippen molar-refractivity contribution in [2.45, 2.75) is 52.4 Å². The first-order valence-electron chi connectivity index (χ1n) is 22.0. The van der Waals surface area contributed by atoms with Crippen LogP contribution in [0, 0.1) is 22.7 Å². The number of benzene rings is 9. The molecule has 306 valence electrons. The highest BCUT2D eigenvalue weighted by atomic mass is 15.0. The van der Waals surface area contributed by atoms with Gasteiger partial charge in [-0.25, -0.2) is 0 Å². The molecule has 2 aromatic heterocycles. The Balaban J connectivity index is 1.13. The Labute approximate surface area is 373 Å². The van der Waals surface area contributed by atoms with Crippen LogP contribution in [-0.4, -0.2) is 9.13 Å². The van der Waals surface area contributed by atoms with Crippen molar-refractivity contribution in [2.75, 3.05) is 0 Å². The third kappa shape index (κ3) is 6.10. The molecule has 0 aliphatic heterocycles. The molecular weight excluding hydrogens is 777 g/mol. The van der Waals surface area contributed by atoms with Crippen molar-refractivity contribution >= 4 is 65.2 Å². The van der Waals surface area contributed by atoms with Crippen molar-refractivity contribution in [3.63, 3.8) is 0 Å². The van der Waals surface area contributed by atoms with E-state index in [-0.39, 0.29) is 10.8 Å². The molecule has 0 spiro atoms. The molecule has 0 atom stereocenters. The predicted octanol–water partition coefficient (Wildman–Crippen LogP) is 15.9. The quantitative estimate of drug-likeness (QED) is 0.166. The Kier molecular flexibility index (Phi) is 8.72. The summed E-state index contributed by atoms with van der Waals surface area (Å²) in [5.74, 6) is 0. The summed E-state index contributed by atoms with van der Waals surface area (Å²) in [5, 5.41) is 29.4. The van der Waals surface area contributed by atoms with Crippen molar-refractivity contribution in [1.82, 2.24) is 9.13 Å². The average molecular weight is 823 g/mol. The number of hydrogen-bond acceptors (Lipinski definition) is 2. The zero-order valence-electron chi connectivity index (χ0n) is 37.0. The van der Waals surface area contributed by atoms with E-state index in [1.807, 2.05) is 36.4 Å². The molecule has 0 unspecified atom stereocenters. The van der Waals surface area contributed by atoms with Crippen LogP contribution in [0.25, 0.3) is 98.8 Å².